The van der Waals surface area contributed by atoms with Gasteiger partial charge in [-0.3, -0.25) is 4.90 Å². The van der Waals surface area contributed by atoms with Gasteiger partial charge in [0.05, 0.1) is 24.4 Å². The third kappa shape index (κ3) is 7.98. The van der Waals surface area contributed by atoms with Crippen molar-refractivity contribution in [1.82, 2.24) is 24.6 Å². The maximum atomic E-state index is 15.9. The van der Waals surface area contributed by atoms with Gasteiger partial charge in [-0.2, -0.15) is 0 Å². The summed E-state index contributed by atoms with van der Waals surface area (Å²) in [6.07, 6.45) is 5.51. The van der Waals surface area contributed by atoms with E-state index in [0.29, 0.717) is 55.1 Å². The first kappa shape index (κ1) is 33.6. The van der Waals surface area contributed by atoms with E-state index >= 15 is 4.39 Å². The summed E-state index contributed by atoms with van der Waals surface area (Å²) in [6, 6.07) is 9.71. The second-order valence-electron chi connectivity index (χ2n) is 13.4. The normalized spacial score (nSPS) is 20.9. The minimum absolute atomic E-state index is 0.0509. The summed E-state index contributed by atoms with van der Waals surface area (Å²) in [6.45, 7) is 10.0. The fraction of sp³-hybridized carbons (Fsp3) is 0.576. The third-order valence-electron chi connectivity index (χ3n) is 8.75. The van der Waals surface area contributed by atoms with E-state index in [9.17, 15) is 4.79 Å². The van der Waals surface area contributed by atoms with Gasteiger partial charge in [-0.25, -0.2) is 14.2 Å². The van der Waals surface area contributed by atoms with Crippen molar-refractivity contribution in [3.8, 4) is 28.8 Å². The zero-order valence-electron chi connectivity index (χ0n) is 27.8. The van der Waals surface area contributed by atoms with Gasteiger partial charge < -0.3 is 28.4 Å². The SMILES string of the molecule is CCCCOC(=O)N1C2CCC1C(F)C(N(C)c1ccc(-c3ccc(Oc4nccn4C)cc3OCOCC[Si](C)(C)C)nn1)C2. The Kier molecular flexibility index (Phi) is 10.8. The molecule has 13 heteroatoms. The Morgan fingerprint density at radius 3 is 2.65 bits per heavy atom. The molecule has 1 amide bonds. The number of anilines is 1. The van der Waals surface area contributed by atoms with Crippen molar-refractivity contribution in [3.05, 3.63) is 42.7 Å². The molecule has 0 spiro atoms. The summed E-state index contributed by atoms with van der Waals surface area (Å²) in [5, 5.41) is 9.00. The first-order valence-corrected chi connectivity index (χ1v) is 19.9. The number of imidazole rings is 1. The van der Waals surface area contributed by atoms with E-state index in [1.807, 2.05) is 56.4 Å². The number of carbonyl (C=O) groups excluding carboxylic acids is 1. The van der Waals surface area contributed by atoms with Crippen molar-refractivity contribution >= 4 is 20.0 Å². The molecule has 5 rings (SSSR count). The average molecular weight is 655 g/mol. The summed E-state index contributed by atoms with van der Waals surface area (Å²) in [4.78, 5) is 20.5. The highest BCUT2D eigenvalue weighted by atomic mass is 28.3. The van der Waals surface area contributed by atoms with Crippen LogP contribution in [-0.4, -0.2) is 90.2 Å². The Labute approximate surface area is 272 Å². The van der Waals surface area contributed by atoms with Gasteiger partial charge >= 0.3 is 12.1 Å². The van der Waals surface area contributed by atoms with Crippen LogP contribution in [0.25, 0.3) is 11.3 Å². The summed E-state index contributed by atoms with van der Waals surface area (Å²) >= 11 is 0. The molecule has 11 nitrogen and oxygen atoms in total. The molecule has 2 aromatic heterocycles. The number of carbonyl (C=O) groups is 1. The fourth-order valence-corrected chi connectivity index (χ4v) is 6.73. The van der Waals surface area contributed by atoms with Crippen molar-refractivity contribution in [3.63, 3.8) is 0 Å². The van der Waals surface area contributed by atoms with Gasteiger partial charge in [-0.15, -0.1) is 10.2 Å². The number of ether oxygens (including phenoxy) is 4. The Morgan fingerprint density at radius 2 is 1.96 bits per heavy atom. The molecule has 0 aliphatic carbocycles. The first-order chi connectivity index (χ1) is 22.1. The number of amides is 1. The quantitative estimate of drug-likeness (QED) is 0.107. The molecule has 4 heterocycles. The summed E-state index contributed by atoms with van der Waals surface area (Å²) in [7, 11) is 2.47. The van der Waals surface area contributed by atoms with E-state index < -0.39 is 32.4 Å². The van der Waals surface area contributed by atoms with Gasteiger partial charge in [-0.05, 0) is 56.0 Å². The Morgan fingerprint density at radius 1 is 1.13 bits per heavy atom. The van der Waals surface area contributed by atoms with Crippen LogP contribution in [0, 0.1) is 0 Å². The standard InChI is InChI=1S/C33H47FN6O5Si/c1-7-8-17-43-33(41)40-23-9-13-27(40)31(34)28(20-23)39(3)30-14-12-26(36-37-30)25-11-10-24(45-32-35-15-16-38(32)2)21-29(25)44-22-42-18-19-46(4,5)6/h10-12,14-16,21,23,27-28,31H,7-9,13,17-20,22H2,1-6H3. The summed E-state index contributed by atoms with van der Waals surface area (Å²) in [5.74, 6) is 1.65. The number of aryl methyl sites for hydroxylation is 1. The molecular weight excluding hydrogens is 607 g/mol. The lowest BCUT2D eigenvalue weighted by atomic mass is 9.94. The number of alkyl halides is 1. The predicted molar refractivity (Wildman–Crippen MR) is 177 cm³/mol. The molecule has 46 heavy (non-hydrogen) atoms. The van der Waals surface area contributed by atoms with Crippen LogP contribution in [0.15, 0.2) is 42.7 Å². The minimum Gasteiger partial charge on any atom is -0.467 e. The molecule has 3 aromatic rings. The fourth-order valence-electron chi connectivity index (χ4n) is 5.98. The van der Waals surface area contributed by atoms with Crippen LogP contribution in [-0.2, 0) is 16.5 Å². The summed E-state index contributed by atoms with van der Waals surface area (Å²) in [5.41, 5.74) is 1.32. The van der Waals surface area contributed by atoms with Crippen LogP contribution < -0.4 is 14.4 Å². The van der Waals surface area contributed by atoms with Crippen LogP contribution in [0.2, 0.25) is 25.7 Å². The number of benzene rings is 1. The number of rotatable bonds is 14. The predicted octanol–water partition coefficient (Wildman–Crippen LogP) is 6.68. The smallest absolute Gasteiger partial charge is 0.410 e. The van der Waals surface area contributed by atoms with Crippen molar-refractivity contribution in [1.29, 1.82) is 0 Å². The van der Waals surface area contributed by atoms with Crippen molar-refractivity contribution in [2.75, 3.05) is 32.0 Å². The van der Waals surface area contributed by atoms with E-state index in [1.54, 1.807) is 21.7 Å². The molecule has 4 atom stereocenters. The largest absolute Gasteiger partial charge is 0.467 e. The second-order valence-corrected chi connectivity index (χ2v) is 19.0. The van der Waals surface area contributed by atoms with Crippen LogP contribution in [0.1, 0.15) is 39.0 Å². The highest BCUT2D eigenvalue weighted by Gasteiger charge is 2.51. The van der Waals surface area contributed by atoms with Gasteiger partial charge in [0.15, 0.2) is 12.6 Å². The summed E-state index contributed by atoms with van der Waals surface area (Å²) < 4.78 is 41.0. The lowest BCUT2D eigenvalue weighted by Crippen LogP contribution is -2.59. The lowest BCUT2D eigenvalue weighted by molar-refractivity contribution is 0.0223. The molecule has 2 aliphatic rings. The van der Waals surface area contributed by atoms with E-state index in [2.05, 4.69) is 34.8 Å². The number of hydrogen-bond donors (Lipinski definition) is 0. The Bertz CT molecular complexity index is 1450. The van der Waals surface area contributed by atoms with Crippen LogP contribution >= 0.6 is 0 Å². The van der Waals surface area contributed by atoms with E-state index in [-0.39, 0.29) is 12.8 Å². The third-order valence-corrected chi connectivity index (χ3v) is 10.5. The number of fused-ring (bicyclic) bond motifs is 2. The topological polar surface area (TPSA) is 104 Å². The monoisotopic (exact) mass is 654 g/mol. The zero-order valence-corrected chi connectivity index (χ0v) is 28.8. The number of piperidine rings is 1. The van der Waals surface area contributed by atoms with Gasteiger partial charge in [0, 0.05) is 58.8 Å². The number of nitrogens with zero attached hydrogens (tertiary/aromatic N) is 6. The Hall–Kier alpha value is -3.71. The molecule has 2 aliphatic heterocycles. The average Bonchev–Trinajstić information content (AvgIpc) is 3.60. The molecule has 2 bridgehead atoms. The molecule has 4 unspecified atom stereocenters. The number of hydrogen-bond acceptors (Lipinski definition) is 9. The van der Waals surface area contributed by atoms with Gasteiger partial charge in [0.2, 0.25) is 0 Å². The number of aromatic nitrogens is 4. The second kappa shape index (κ2) is 14.8. The van der Waals surface area contributed by atoms with Crippen molar-refractivity contribution < 1.29 is 28.1 Å². The molecule has 0 radical (unpaired) electrons. The van der Waals surface area contributed by atoms with Crippen molar-refractivity contribution in [2.45, 2.75) is 89.0 Å². The van der Waals surface area contributed by atoms with Crippen LogP contribution in [0.3, 0.4) is 0 Å². The molecule has 0 saturated carbocycles. The molecular formula is C33H47FN6O5Si. The van der Waals surface area contributed by atoms with Crippen LogP contribution in [0.5, 0.6) is 17.5 Å². The van der Waals surface area contributed by atoms with Crippen LogP contribution in [0.4, 0.5) is 15.0 Å². The Balaban J connectivity index is 1.29. The van der Waals surface area contributed by atoms with E-state index in [1.165, 1.54) is 0 Å². The first-order valence-electron chi connectivity index (χ1n) is 16.2. The van der Waals surface area contributed by atoms with Gasteiger partial charge in [0.1, 0.15) is 17.7 Å². The molecule has 0 N–H and O–H groups in total. The van der Waals surface area contributed by atoms with E-state index in [0.717, 1.165) is 30.9 Å². The van der Waals surface area contributed by atoms with Gasteiger partial charge in [-0.1, -0.05) is 33.0 Å². The molecule has 250 valence electrons. The minimum atomic E-state index is -1.23. The van der Waals surface area contributed by atoms with Crippen molar-refractivity contribution in [2.24, 2.45) is 7.05 Å². The highest BCUT2D eigenvalue weighted by Crippen LogP contribution is 2.41. The molecule has 2 fully saturated rings. The maximum absolute atomic E-state index is 15.9. The highest BCUT2D eigenvalue weighted by molar-refractivity contribution is 6.76. The zero-order chi connectivity index (χ0) is 32.8. The number of unbranched alkanes of at least 4 members (excludes halogenated alkanes) is 1. The van der Waals surface area contributed by atoms with Gasteiger partial charge in [0.25, 0.3) is 0 Å². The molecule has 1 aromatic carbocycles. The maximum Gasteiger partial charge on any atom is 0.410 e. The lowest BCUT2D eigenvalue weighted by Gasteiger charge is -2.43. The van der Waals surface area contributed by atoms with E-state index in [4.69, 9.17) is 18.9 Å². The number of halogens is 1. The molecule has 2 saturated heterocycles.